The van der Waals surface area contributed by atoms with Crippen LogP contribution in [0.3, 0.4) is 0 Å². The van der Waals surface area contributed by atoms with Crippen LogP contribution in [0.15, 0.2) is 28.3 Å². The molecule has 0 unspecified atom stereocenters. The SMILES string of the molecule is CC=CNN=C1CC(=O)N(OC(=O)c2cscn2)C1=O. The topological polar surface area (TPSA) is 101 Å². The first-order valence-corrected chi connectivity index (χ1v) is 6.48. The molecule has 1 aliphatic rings. The van der Waals surface area contributed by atoms with Crippen molar-refractivity contribution in [3.63, 3.8) is 0 Å². The van der Waals surface area contributed by atoms with Crippen LogP contribution in [0.4, 0.5) is 0 Å². The summed E-state index contributed by atoms with van der Waals surface area (Å²) < 4.78 is 0. The van der Waals surface area contributed by atoms with Crippen molar-refractivity contribution in [2.45, 2.75) is 13.3 Å². The number of thiazole rings is 1. The van der Waals surface area contributed by atoms with Crippen LogP contribution in [0.25, 0.3) is 0 Å². The summed E-state index contributed by atoms with van der Waals surface area (Å²) in [5.41, 5.74) is 3.94. The van der Waals surface area contributed by atoms with E-state index >= 15 is 0 Å². The molecule has 1 aromatic rings. The van der Waals surface area contributed by atoms with Crippen molar-refractivity contribution in [3.8, 4) is 0 Å². The number of hydrogen-bond acceptors (Lipinski definition) is 8. The van der Waals surface area contributed by atoms with Crippen molar-refractivity contribution in [2.75, 3.05) is 0 Å². The van der Waals surface area contributed by atoms with Crippen LogP contribution in [-0.2, 0) is 14.4 Å². The van der Waals surface area contributed by atoms with Gasteiger partial charge in [0, 0.05) is 11.6 Å². The number of carbonyl (C=O) groups is 3. The van der Waals surface area contributed by atoms with Crippen LogP contribution in [0, 0.1) is 0 Å². The molecule has 1 fully saturated rings. The number of nitrogens with zero attached hydrogens (tertiary/aromatic N) is 3. The Morgan fingerprint density at radius 2 is 2.40 bits per heavy atom. The highest BCUT2D eigenvalue weighted by Crippen LogP contribution is 2.13. The molecule has 0 aromatic carbocycles. The normalized spacial score (nSPS) is 17.2. The smallest absolute Gasteiger partial charge is 0.323 e. The lowest BCUT2D eigenvalue weighted by Gasteiger charge is -2.10. The predicted molar refractivity (Wildman–Crippen MR) is 69.4 cm³/mol. The molecule has 1 aromatic heterocycles. The second kappa shape index (κ2) is 6.06. The first kappa shape index (κ1) is 13.9. The fourth-order valence-electron chi connectivity index (χ4n) is 1.33. The van der Waals surface area contributed by atoms with Gasteiger partial charge in [0.1, 0.15) is 5.71 Å². The van der Waals surface area contributed by atoms with Crippen LogP contribution in [0.5, 0.6) is 0 Å². The summed E-state index contributed by atoms with van der Waals surface area (Å²) in [6, 6.07) is 0. The molecule has 0 atom stereocenters. The molecular formula is C11H10N4O4S. The quantitative estimate of drug-likeness (QED) is 0.639. The summed E-state index contributed by atoms with van der Waals surface area (Å²) in [5.74, 6) is -2.29. The van der Waals surface area contributed by atoms with Crippen molar-refractivity contribution < 1.29 is 19.2 Å². The van der Waals surface area contributed by atoms with Gasteiger partial charge in [0.2, 0.25) is 0 Å². The van der Waals surface area contributed by atoms with Gasteiger partial charge in [-0.15, -0.1) is 11.3 Å². The average Bonchev–Trinajstić information content (AvgIpc) is 3.04. The van der Waals surface area contributed by atoms with Gasteiger partial charge in [0.25, 0.3) is 5.91 Å². The van der Waals surface area contributed by atoms with E-state index in [1.807, 2.05) is 0 Å². The van der Waals surface area contributed by atoms with Crippen LogP contribution >= 0.6 is 11.3 Å². The van der Waals surface area contributed by atoms with Crippen LogP contribution in [0.2, 0.25) is 0 Å². The molecule has 0 saturated carbocycles. The zero-order valence-electron chi connectivity index (χ0n) is 10.4. The van der Waals surface area contributed by atoms with Crippen molar-refractivity contribution in [1.82, 2.24) is 15.5 Å². The molecule has 104 valence electrons. The number of allylic oxidation sites excluding steroid dienone is 1. The highest BCUT2D eigenvalue weighted by atomic mass is 32.1. The van der Waals surface area contributed by atoms with E-state index in [4.69, 9.17) is 4.84 Å². The molecule has 0 radical (unpaired) electrons. The predicted octanol–water partition coefficient (Wildman–Crippen LogP) is 0.453. The average molecular weight is 294 g/mol. The van der Waals surface area contributed by atoms with Gasteiger partial charge in [0.05, 0.1) is 11.9 Å². The molecule has 1 N–H and O–H groups in total. The molecule has 0 aliphatic carbocycles. The lowest BCUT2D eigenvalue weighted by Crippen LogP contribution is -2.33. The highest BCUT2D eigenvalue weighted by molar-refractivity contribution is 7.07. The molecule has 1 saturated heterocycles. The highest BCUT2D eigenvalue weighted by Gasteiger charge is 2.39. The molecular weight excluding hydrogens is 284 g/mol. The zero-order valence-corrected chi connectivity index (χ0v) is 11.2. The Balaban J connectivity index is 2.06. The van der Waals surface area contributed by atoms with Gasteiger partial charge in [-0.3, -0.25) is 15.0 Å². The molecule has 2 amide bonds. The third-order valence-electron chi connectivity index (χ3n) is 2.23. The van der Waals surface area contributed by atoms with Gasteiger partial charge in [-0.1, -0.05) is 11.1 Å². The monoisotopic (exact) mass is 294 g/mol. The van der Waals surface area contributed by atoms with Gasteiger partial charge >= 0.3 is 11.9 Å². The number of amides is 2. The second-order valence-electron chi connectivity index (χ2n) is 3.61. The lowest BCUT2D eigenvalue weighted by atomic mass is 10.3. The first-order valence-electron chi connectivity index (χ1n) is 5.54. The number of hydrazone groups is 1. The van der Waals surface area contributed by atoms with E-state index < -0.39 is 17.8 Å². The minimum atomic E-state index is -0.865. The molecule has 0 bridgehead atoms. The van der Waals surface area contributed by atoms with Crippen molar-refractivity contribution in [2.24, 2.45) is 5.10 Å². The van der Waals surface area contributed by atoms with E-state index in [1.54, 1.807) is 13.0 Å². The van der Waals surface area contributed by atoms with Gasteiger partial charge in [0.15, 0.2) is 5.69 Å². The Hall–Kier alpha value is -2.55. The number of rotatable bonds is 4. The standard InChI is InChI=1S/C11H10N4O4S/c1-2-3-13-14-7-4-9(16)15(10(7)17)19-11(18)8-5-20-6-12-8/h2-3,5-6,13H,4H2,1H3. The molecule has 1 aliphatic heterocycles. The lowest BCUT2D eigenvalue weighted by molar-refractivity contribution is -0.171. The maximum Gasteiger partial charge on any atom is 0.382 e. The first-order chi connectivity index (χ1) is 9.63. The van der Waals surface area contributed by atoms with Crippen molar-refractivity contribution >= 4 is 34.8 Å². The van der Waals surface area contributed by atoms with E-state index in [9.17, 15) is 14.4 Å². The Bertz CT molecular complexity index is 594. The van der Waals surface area contributed by atoms with Crippen LogP contribution in [0.1, 0.15) is 23.8 Å². The second-order valence-corrected chi connectivity index (χ2v) is 4.33. The fraction of sp³-hybridized carbons (Fsp3) is 0.182. The maximum absolute atomic E-state index is 11.8. The number of imide groups is 1. The number of hydrogen-bond donors (Lipinski definition) is 1. The molecule has 9 heteroatoms. The van der Waals surface area contributed by atoms with E-state index in [0.717, 1.165) is 0 Å². The van der Waals surface area contributed by atoms with E-state index in [0.29, 0.717) is 5.06 Å². The van der Waals surface area contributed by atoms with E-state index in [1.165, 1.54) is 28.4 Å². The maximum atomic E-state index is 11.8. The van der Waals surface area contributed by atoms with E-state index in [-0.39, 0.29) is 17.8 Å². The van der Waals surface area contributed by atoms with Gasteiger partial charge in [-0.2, -0.15) is 5.10 Å². The molecule has 2 rings (SSSR count). The number of aromatic nitrogens is 1. The third-order valence-corrected chi connectivity index (χ3v) is 2.82. The largest absolute Gasteiger partial charge is 0.382 e. The van der Waals surface area contributed by atoms with E-state index in [2.05, 4.69) is 15.5 Å². The minimum Gasteiger partial charge on any atom is -0.323 e. The molecule has 2 heterocycles. The van der Waals surface area contributed by atoms with Gasteiger partial charge < -0.3 is 4.84 Å². The summed E-state index contributed by atoms with van der Waals surface area (Å²) in [6.07, 6.45) is 2.94. The Kier molecular flexibility index (Phi) is 4.20. The fourth-order valence-corrected chi connectivity index (χ4v) is 1.85. The van der Waals surface area contributed by atoms with Crippen LogP contribution < -0.4 is 5.43 Å². The molecule has 20 heavy (non-hydrogen) atoms. The number of hydroxylamine groups is 2. The van der Waals surface area contributed by atoms with Gasteiger partial charge in [-0.25, -0.2) is 9.78 Å². The minimum absolute atomic E-state index is 0.0285. The number of nitrogens with one attached hydrogen (secondary N) is 1. The summed E-state index contributed by atoms with van der Waals surface area (Å²) >= 11 is 1.20. The molecule has 8 nitrogen and oxygen atoms in total. The summed E-state index contributed by atoms with van der Waals surface area (Å²) in [5, 5.41) is 5.58. The van der Waals surface area contributed by atoms with Crippen molar-refractivity contribution in [3.05, 3.63) is 28.9 Å². The number of carbonyl (C=O) groups excluding carboxylic acids is 3. The third kappa shape index (κ3) is 2.88. The molecule has 0 spiro atoms. The summed E-state index contributed by atoms with van der Waals surface area (Å²) in [4.78, 5) is 43.5. The summed E-state index contributed by atoms with van der Waals surface area (Å²) in [7, 11) is 0. The summed E-state index contributed by atoms with van der Waals surface area (Å²) in [6.45, 7) is 1.76. The van der Waals surface area contributed by atoms with Crippen molar-refractivity contribution in [1.29, 1.82) is 0 Å². The zero-order chi connectivity index (χ0) is 14.5. The van der Waals surface area contributed by atoms with Gasteiger partial charge in [-0.05, 0) is 6.92 Å². The van der Waals surface area contributed by atoms with Crippen LogP contribution in [-0.4, -0.2) is 33.5 Å². The Labute approximate surface area is 117 Å². The Morgan fingerprint density at radius 3 is 3.05 bits per heavy atom. The Morgan fingerprint density at radius 1 is 1.60 bits per heavy atom.